The van der Waals surface area contributed by atoms with Crippen molar-refractivity contribution < 1.29 is 24.5 Å². The summed E-state index contributed by atoms with van der Waals surface area (Å²) in [5, 5.41) is 19.1. The molecule has 1 aliphatic rings. The number of aliphatic carboxylic acids is 1. The van der Waals surface area contributed by atoms with Crippen molar-refractivity contribution in [2.75, 3.05) is 0 Å². The van der Waals surface area contributed by atoms with Gasteiger partial charge in [0.25, 0.3) is 0 Å². The molecular formula is C13H14O5. The summed E-state index contributed by atoms with van der Waals surface area (Å²) in [6.07, 6.45) is 0. The fourth-order valence-electron chi connectivity index (χ4n) is 2.48. The predicted molar refractivity (Wildman–Crippen MR) is 62.6 cm³/mol. The van der Waals surface area contributed by atoms with Gasteiger partial charge in [-0.25, -0.2) is 0 Å². The first-order valence-corrected chi connectivity index (χ1v) is 5.53. The van der Waals surface area contributed by atoms with Gasteiger partial charge in [0.2, 0.25) is 0 Å². The average molecular weight is 250 g/mol. The van der Waals surface area contributed by atoms with Crippen molar-refractivity contribution >= 4 is 11.9 Å². The molecule has 1 atom stereocenters. The van der Waals surface area contributed by atoms with Crippen LogP contribution in [-0.2, 0) is 15.0 Å². The van der Waals surface area contributed by atoms with Crippen LogP contribution in [0.5, 0.6) is 11.5 Å². The molecule has 0 aliphatic carbocycles. The second-order valence-corrected chi connectivity index (χ2v) is 5.07. The van der Waals surface area contributed by atoms with E-state index in [0.717, 1.165) is 5.56 Å². The number of hydrogen-bond donors (Lipinski definition) is 2. The number of phenols is 1. The molecule has 1 heterocycles. The van der Waals surface area contributed by atoms with Crippen LogP contribution in [0.1, 0.15) is 25.0 Å². The Labute approximate surface area is 104 Å². The fourth-order valence-corrected chi connectivity index (χ4v) is 2.48. The van der Waals surface area contributed by atoms with Gasteiger partial charge in [0.05, 0.1) is 0 Å². The van der Waals surface area contributed by atoms with Gasteiger partial charge >= 0.3 is 11.9 Å². The Morgan fingerprint density at radius 2 is 2.00 bits per heavy atom. The number of aromatic hydroxyl groups is 1. The third-order valence-electron chi connectivity index (χ3n) is 3.28. The maximum atomic E-state index is 11.8. The lowest BCUT2D eigenvalue weighted by Gasteiger charge is -2.36. The molecule has 0 saturated carbocycles. The number of aryl methyl sites for hydroxylation is 1. The van der Waals surface area contributed by atoms with Crippen LogP contribution in [-0.4, -0.2) is 22.2 Å². The van der Waals surface area contributed by atoms with Crippen molar-refractivity contribution in [2.24, 2.45) is 5.92 Å². The second-order valence-electron chi connectivity index (χ2n) is 5.07. The number of carboxylic acids is 1. The number of rotatable bonds is 1. The van der Waals surface area contributed by atoms with E-state index in [0.29, 0.717) is 5.56 Å². The standard InChI is InChI=1S/C13H14O5/c1-6-4-7(14)9-8(5-6)18-12(17)10(11(15)16)13(9,2)3/h4-5,10,14H,1-3H3,(H,15,16). The second kappa shape index (κ2) is 3.73. The summed E-state index contributed by atoms with van der Waals surface area (Å²) in [6.45, 7) is 4.98. The molecule has 0 saturated heterocycles. The van der Waals surface area contributed by atoms with Gasteiger partial charge in [0.1, 0.15) is 11.5 Å². The lowest BCUT2D eigenvalue weighted by molar-refractivity contribution is -0.157. The predicted octanol–water partition coefficient (Wildman–Crippen LogP) is 1.60. The zero-order chi connectivity index (χ0) is 13.7. The van der Waals surface area contributed by atoms with Crippen LogP contribution < -0.4 is 4.74 Å². The van der Waals surface area contributed by atoms with E-state index in [2.05, 4.69) is 0 Å². The smallest absolute Gasteiger partial charge is 0.326 e. The first-order chi connectivity index (χ1) is 8.25. The topological polar surface area (TPSA) is 83.8 Å². The van der Waals surface area contributed by atoms with Gasteiger partial charge in [-0.2, -0.15) is 0 Å². The molecule has 0 aromatic heterocycles. The summed E-state index contributed by atoms with van der Waals surface area (Å²) in [6, 6.07) is 3.14. The highest BCUT2D eigenvalue weighted by Crippen LogP contribution is 2.47. The third-order valence-corrected chi connectivity index (χ3v) is 3.28. The van der Waals surface area contributed by atoms with Crippen LogP contribution in [0.3, 0.4) is 0 Å². The molecule has 0 spiro atoms. The first kappa shape index (κ1) is 12.4. The van der Waals surface area contributed by atoms with E-state index in [1.54, 1.807) is 26.8 Å². The molecule has 0 fully saturated rings. The van der Waals surface area contributed by atoms with Crippen LogP contribution in [0.4, 0.5) is 0 Å². The Morgan fingerprint density at radius 1 is 1.39 bits per heavy atom. The van der Waals surface area contributed by atoms with Crippen LogP contribution in [0, 0.1) is 12.8 Å². The van der Waals surface area contributed by atoms with E-state index >= 15 is 0 Å². The molecule has 1 aliphatic heterocycles. The molecule has 2 rings (SSSR count). The molecule has 1 aromatic carbocycles. The Bertz CT molecular complexity index is 545. The number of esters is 1. The van der Waals surface area contributed by atoms with Gasteiger partial charge in [0, 0.05) is 11.0 Å². The van der Waals surface area contributed by atoms with Crippen LogP contribution in [0.2, 0.25) is 0 Å². The van der Waals surface area contributed by atoms with Gasteiger partial charge in [-0.15, -0.1) is 0 Å². The highest BCUT2D eigenvalue weighted by Gasteiger charge is 2.50. The van der Waals surface area contributed by atoms with Gasteiger partial charge in [-0.05, 0) is 24.6 Å². The number of hydrogen-bond acceptors (Lipinski definition) is 4. The molecular weight excluding hydrogens is 236 g/mol. The summed E-state index contributed by atoms with van der Waals surface area (Å²) in [4.78, 5) is 22.9. The summed E-state index contributed by atoms with van der Waals surface area (Å²) < 4.78 is 5.02. The number of fused-ring (bicyclic) bond motifs is 1. The number of carbonyl (C=O) groups is 2. The molecule has 0 amide bonds. The number of ether oxygens (including phenoxy) is 1. The number of benzene rings is 1. The maximum Gasteiger partial charge on any atom is 0.326 e. The summed E-state index contributed by atoms with van der Waals surface area (Å²) in [7, 11) is 0. The maximum absolute atomic E-state index is 11.8. The molecule has 18 heavy (non-hydrogen) atoms. The van der Waals surface area contributed by atoms with Crippen molar-refractivity contribution in [1.82, 2.24) is 0 Å². The van der Waals surface area contributed by atoms with Crippen LogP contribution in [0.25, 0.3) is 0 Å². The average Bonchev–Trinajstić information content (AvgIpc) is 2.11. The molecule has 0 bridgehead atoms. The monoisotopic (exact) mass is 250 g/mol. The minimum atomic E-state index is -1.32. The third kappa shape index (κ3) is 1.63. The summed E-state index contributed by atoms with van der Waals surface area (Å²) in [5.74, 6) is -3.19. The molecule has 0 radical (unpaired) electrons. The van der Waals surface area contributed by atoms with Gasteiger partial charge in [-0.3, -0.25) is 9.59 Å². The quantitative estimate of drug-likeness (QED) is 0.449. The fraction of sp³-hybridized carbons (Fsp3) is 0.385. The van der Waals surface area contributed by atoms with E-state index in [9.17, 15) is 14.7 Å². The molecule has 1 aromatic rings. The Balaban J connectivity index is 2.70. The highest BCUT2D eigenvalue weighted by molar-refractivity contribution is 5.98. The van der Waals surface area contributed by atoms with Crippen LogP contribution >= 0.6 is 0 Å². The van der Waals surface area contributed by atoms with Gasteiger partial charge in [0.15, 0.2) is 5.92 Å². The number of carbonyl (C=O) groups excluding carboxylic acids is 1. The molecule has 1 unspecified atom stereocenters. The molecule has 5 nitrogen and oxygen atoms in total. The van der Waals surface area contributed by atoms with E-state index in [-0.39, 0.29) is 11.5 Å². The van der Waals surface area contributed by atoms with Crippen molar-refractivity contribution in [2.45, 2.75) is 26.2 Å². The summed E-state index contributed by atoms with van der Waals surface area (Å²) in [5.41, 5.74) is 0.0811. The van der Waals surface area contributed by atoms with E-state index in [1.165, 1.54) is 6.07 Å². The van der Waals surface area contributed by atoms with E-state index < -0.39 is 23.3 Å². The van der Waals surface area contributed by atoms with Gasteiger partial charge in [-0.1, -0.05) is 13.8 Å². The number of phenolic OH excluding ortho intramolecular Hbond substituents is 1. The number of carboxylic acid groups (broad SMARTS) is 1. The van der Waals surface area contributed by atoms with Crippen molar-refractivity contribution in [3.8, 4) is 11.5 Å². The first-order valence-electron chi connectivity index (χ1n) is 5.53. The lowest BCUT2D eigenvalue weighted by Crippen LogP contribution is -2.46. The van der Waals surface area contributed by atoms with Crippen LogP contribution in [0.15, 0.2) is 12.1 Å². The zero-order valence-corrected chi connectivity index (χ0v) is 10.4. The van der Waals surface area contributed by atoms with Crippen molar-refractivity contribution in [1.29, 1.82) is 0 Å². The summed E-state index contributed by atoms with van der Waals surface area (Å²) >= 11 is 0. The van der Waals surface area contributed by atoms with E-state index in [1.807, 2.05) is 0 Å². The lowest BCUT2D eigenvalue weighted by atomic mass is 9.71. The SMILES string of the molecule is Cc1cc(O)c2c(c1)OC(=O)C(C(=O)O)C2(C)C. The zero-order valence-electron chi connectivity index (χ0n) is 10.4. The van der Waals surface area contributed by atoms with Crippen molar-refractivity contribution in [3.05, 3.63) is 23.3 Å². The molecule has 2 N–H and O–H groups in total. The minimum Gasteiger partial charge on any atom is -0.507 e. The molecule has 5 heteroatoms. The van der Waals surface area contributed by atoms with E-state index in [4.69, 9.17) is 9.84 Å². The molecule has 96 valence electrons. The minimum absolute atomic E-state index is 0.0475. The Hall–Kier alpha value is -2.04. The highest BCUT2D eigenvalue weighted by atomic mass is 16.5. The largest absolute Gasteiger partial charge is 0.507 e. The Morgan fingerprint density at radius 3 is 2.56 bits per heavy atom. The normalized spacial score (nSPS) is 21.1. The van der Waals surface area contributed by atoms with Gasteiger partial charge < -0.3 is 14.9 Å². The Kier molecular flexibility index (Phi) is 2.57. The van der Waals surface area contributed by atoms with Crippen molar-refractivity contribution in [3.63, 3.8) is 0 Å².